The molecule has 21 heavy (non-hydrogen) atoms. The lowest BCUT2D eigenvalue weighted by Gasteiger charge is -2.18. The van der Waals surface area contributed by atoms with E-state index in [4.69, 9.17) is 0 Å². The molecule has 0 spiro atoms. The van der Waals surface area contributed by atoms with Gasteiger partial charge < -0.3 is 5.32 Å². The zero-order chi connectivity index (χ0) is 14.9. The summed E-state index contributed by atoms with van der Waals surface area (Å²) in [7, 11) is 0. The van der Waals surface area contributed by atoms with Gasteiger partial charge in [-0.1, -0.05) is 43.3 Å². The summed E-state index contributed by atoms with van der Waals surface area (Å²) in [6.07, 6.45) is 5.22. The minimum absolute atomic E-state index is 0.00219. The molecule has 1 aromatic heterocycles. The maximum atomic E-state index is 11.7. The molecule has 0 aliphatic carbocycles. The average molecular weight is 282 g/mol. The number of carbonyl (C=O) groups excluding carboxylic acids is 1. The molecule has 0 saturated heterocycles. The molecule has 1 aromatic carbocycles. The second-order valence-corrected chi connectivity index (χ2v) is 5.11. The molecule has 0 aliphatic rings. The molecule has 0 radical (unpaired) electrons. The van der Waals surface area contributed by atoms with E-state index < -0.39 is 0 Å². The maximum absolute atomic E-state index is 11.7. The normalized spacial score (nSPS) is 11.9. The van der Waals surface area contributed by atoms with Gasteiger partial charge in [0.2, 0.25) is 5.91 Å². The summed E-state index contributed by atoms with van der Waals surface area (Å²) in [6.45, 7) is 1.87. The van der Waals surface area contributed by atoms with E-state index in [0.717, 1.165) is 25.0 Å². The highest BCUT2D eigenvalue weighted by Gasteiger charge is 2.14. The van der Waals surface area contributed by atoms with Crippen molar-refractivity contribution in [1.82, 2.24) is 10.3 Å². The van der Waals surface area contributed by atoms with Crippen LogP contribution in [0.4, 0.5) is 0 Å². The third kappa shape index (κ3) is 5.03. The van der Waals surface area contributed by atoms with Crippen LogP contribution in [0.3, 0.4) is 0 Å². The number of aryl methyl sites for hydroxylation is 1. The first-order valence-corrected chi connectivity index (χ1v) is 7.54. The Morgan fingerprint density at radius 2 is 1.90 bits per heavy atom. The van der Waals surface area contributed by atoms with Crippen molar-refractivity contribution in [3.05, 3.63) is 66.0 Å². The second-order valence-electron chi connectivity index (χ2n) is 5.11. The minimum Gasteiger partial charge on any atom is -0.348 e. The number of carbonyl (C=O) groups is 1. The quantitative estimate of drug-likeness (QED) is 0.842. The van der Waals surface area contributed by atoms with Gasteiger partial charge in [0.05, 0.1) is 11.7 Å². The highest BCUT2D eigenvalue weighted by atomic mass is 16.1. The van der Waals surface area contributed by atoms with E-state index in [-0.39, 0.29) is 11.9 Å². The van der Waals surface area contributed by atoms with Gasteiger partial charge in [-0.05, 0) is 37.0 Å². The smallest absolute Gasteiger partial charge is 0.220 e. The van der Waals surface area contributed by atoms with Gasteiger partial charge in [-0.3, -0.25) is 9.78 Å². The van der Waals surface area contributed by atoms with Crippen molar-refractivity contribution in [3.8, 4) is 0 Å². The summed E-state index contributed by atoms with van der Waals surface area (Å²) in [5.74, 6) is 0.0744. The van der Waals surface area contributed by atoms with E-state index in [1.165, 1.54) is 5.56 Å². The lowest BCUT2D eigenvalue weighted by molar-refractivity contribution is -0.121. The molecule has 110 valence electrons. The van der Waals surface area contributed by atoms with Crippen LogP contribution in [0, 0.1) is 0 Å². The Morgan fingerprint density at radius 3 is 2.57 bits per heavy atom. The molecule has 0 fully saturated rings. The van der Waals surface area contributed by atoms with Crippen LogP contribution >= 0.6 is 0 Å². The van der Waals surface area contributed by atoms with E-state index >= 15 is 0 Å². The summed E-state index contributed by atoms with van der Waals surface area (Å²) in [4.78, 5) is 16.1. The van der Waals surface area contributed by atoms with Crippen molar-refractivity contribution in [2.24, 2.45) is 0 Å². The molecule has 1 amide bonds. The predicted octanol–water partition coefficient (Wildman–Crippen LogP) is 3.67. The molecule has 2 aromatic rings. The second kappa shape index (κ2) is 8.20. The van der Waals surface area contributed by atoms with Gasteiger partial charge in [-0.2, -0.15) is 0 Å². The highest BCUT2D eigenvalue weighted by Crippen LogP contribution is 2.18. The Hall–Kier alpha value is -2.16. The molecule has 3 heteroatoms. The van der Waals surface area contributed by atoms with Crippen LogP contribution in [0.5, 0.6) is 0 Å². The third-order valence-corrected chi connectivity index (χ3v) is 3.50. The summed E-state index contributed by atoms with van der Waals surface area (Å²) in [5, 5.41) is 3.07. The molecule has 0 bridgehead atoms. The molecule has 1 heterocycles. The van der Waals surface area contributed by atoms with Crippen molar-refractivity contribution in [2.75, 3.05) is 0 Å². The molecular formula is C18H22N2O. The number of nitrogens with zero attached hydrogens (tertiary/aromatic N) is 1. The van der Waals surface area contributed by atoms with Crippen LogP contribution in [0.15, 0.2) is 54.7 Å². The van der Waals surface area contributed by atoms with Gasteiger partial charge in [0, 0.05) is 12.6 Å². The first-order valence-electron chi connectivity index (χ1n) is 7.54. The van der Waals surface area contributed by atoms with E-state index in [2.05, 4.69) is 34.6 Å². The number of hydrogen-bond acceptors (Lipinski definition) is 2. The summed E-state index contributed by atoms with van der Waals surface area (Å²) in [5.41, 5.74) is 2.27. The number of amides is 1. The van der Waals surface area contributed by atoms with Crippen molar-refractivity contribution in [1.29, 1.82) is 0 Å². The Kier molecular flexibility index (Phi) is 5.95. The zero-order valence-electron chi connectivity index (χ0n) is 12.5. The number of nitrogens with one attached hydrogen (secondary N) is 1. The van der Waals surface area contributed by atoms with Crippen molar-refractivity contribution in [2.45, 2.75) is 38.6 Å². The van der Waals surface area contributed by atoms with Gasteiger partial charge in [-0.25, -0.2) is 0 Å². The number of benzene rings is 1. The van der Waals surface area contributed by atoms with Crippen molar-refractivity contribution >= 4 is 5.91 Å². The first kappa shape index (κ1) is 15.2. The lowest BCUT2D eigenvalue weighted by atomic mass is 10.0. The fourth-order valence-corrected chi connectivity index (χ4v) is 2.33. The Bertz CT molecular complexity index is 540. The molecule has 1 atom stereocenters. The summed E-state index contributed by atoms with van der Waals surface area (Å²) in [6, 6.07) is 16.3. The topological polar surface area (TPSA) is 42.0 Å². The minimum atomic E-state index is 0.00219. The SMILES string of the molecule is CCC(=O)NC(CCCc1ccccc1)c1ccccn1. The Balaban J connectivity index is 1.94. The maximum Gasteiger partial charge on any atom is 0.220 e. The number of hydrogen-bond donors (Lipinski definition) is 1. The number of aromatic nitrogens is 1. The van der Waals surface area contributed by atoms with E-state index in [9.17, 15) is 4.79 Å². The zero-order valence-corrected chi connectivity index (χ0v) is 12.5. The standard InChI is InChI=1S/C18H22N2O/c1-2-18(21)20-17(16-12-6-7-14-19-16)13-8-11-15-9-4-3-5-10-15/h3-7,9-10,12,14,17H,2,8,11,13H2,1H3,(H,20,21). The molecule has 2 rings (SSSR count). The fraction of sp³-hybridized carbons (Fsp3) is 0.333. The monoisotopic (exact) mass is 282 g/mol. The van der Waals surface area contributed by atoms with Gasteiger partial charge >= 0.3 is 0 Å². The fourth-order valence-electron chi connectivity index (χ4n) is 2.33. The molecule has 1 unspecified atom stereocenters. The largest absolute Gasteiger partial charge is 0.348 e. The van der Waals surface area contributed by atoms with Gasteiger partial charge in [0.25, 0.3) is 0 Å². The van der Waals surface area contributed by atoms with Crippen molar-refractivity contribution in [3.63, 3.8) is 0 Å². The van der Waals surface area contributed by atoms with Crippen LogP contribution in [0.1, 0.15) is 43.5 Å². The Labute approximate surface area is 126 Å². The lowest BCUT2D eigenvalue weighted by Crippen LogP contribution is -2.28. The van der Waals surface area contributed by atoms with Crippen molar-refractivity contribution < 1.29 is 4.79 Å². The number of pyridine rings is 1. The average Bonchev–Trinajstić information content (AvgIpc) is 2.55. The van der Waals surface area contributed by atoms with Gasteiger partial charge in [-0.15, -0.1) is 0 Å². The molecule has 0 saturated carbocycles. The number of rotatable bonds is 7. The summed E-state index contributed by atoms with van der Waals surface area (Å²) < 4.78 is 0. The van der Waals surface area contributed by atoms with Crippen LogP contribution < -0.4 is 5.32 Å². The predicted molar refractivity (Wildman–Crippen MR) is 84.8 cm³/mol. The molecule has 1 N–H and O–H groups in total. The molecule has 3 nitrogen and oxygen atoms in total. The van der Waals surface area contributed by atoms with Crippen LogP contribution in [-0.4, -0.2) is 10.9 Å². The Morgan fingerprint density at radius 1 is 1.14 bits per heavy atom. The van der Waals surface area contributed by atoms with Crippen LogP contribution in [0.2, 0.25) is 0 Å². The summed E-state index contributed by atoms with van der Waals surface area (Å²) >= 11 is 0. The van der Waals surface area contributed by atoms with Gasteiger partial charge in [0.1, 0.15) is 0 Å². The van der Waals surface area contributed by atoms with E-state index in [1.807, 2.05) is 31.2 Å². The third-order valence-electron chi connectivity index (χ3n) is 3.50. The van der Waals surface area contributed by atoms with Crippen LogP contribution in [0.25, 0.3) is 0 Å². The van der Waals surface area contributed by atoms with Gasteiger partial charge in [0.15, 0.2) is 0 Å². The highest BCUT2D eigenvalue weighted by molar-refractivity contribution is 5.75. The van der Waals surface area contributed by atoms with E-state index in [1.54, 1.807) is 6.20 Å². The molecular weight excluding hydrogens is 260 g/mol. The van der Waals surface area contributed by atoms with E-state index in [0.29, 0.717) is 6.42 Å². The molecule has 0 aliphatic heterocycles. The van der Waals surface area contributed by atoms with Crippen LogP contribution in [-0.2, 0) is 11.2 Å². The first-order chi connectivity index (χ1) is 10.3.